The van der Waals surface area contributed by atoms with Crippen molar-refractivity contribution in [2.45, 2.75) is 51.9 Å². The van der Waals surface area contributed by atoms with Crippen molar-refractivity contribution in [3.8, 4) is 0 Å². The number of hydrogen-bond donors (Lipinski definition) is 1. The average molecular weight is 308 g/mol. The van der Waals surface area contributed by atoms with E-state index in [2.05, 4.69) is 41.6 Å². The van der Waals surface area contributed by atoms with Crippen molar-refractivity contribution in [2.24, 2.45) is 5.73 Å². The first-order valence-corrected chi connectivity index (χ1v) is 8.36. The minimum absolute atomic E-state index is 0.120. The molecule has 6 heteroatoms. The second-order valence-corrected chi connectivity index (χ2v) is 7.56. The third-order valence-corrected chi connectivity index (χ3v) is 4.48. The molecule has 2 aromatic heterocycles. The highest BCUT2D eigenvalue weighted by atomic mass is 32.1. The van der Waals surface area contributed by atoms with Gasteiger partial charge in [-0.05, 0) is 27.7 Å². The van der Waals surface area contributed by atoms with Crippen LogP contribution in [0.2, 0.25) is 0 Å². The van der Waals surface area contributed by atoms with Gasteiger partial charge in [-0.2, -0.15) is 0 Å². The van der Waals surface area contributed by atoms with Crippen LogP contribution in [-0.2, 0) is 11.2 Å². The molecule has 3 rings (SSSR count). The van der Waals surface area contributed by atoms with Crippen molar-refractivity contribution in [1.29, 1.82) is 0 Å². The Hall–Kier alpha value is -1.11. The Kier molecular flexibility index (Phi) is 3.71. The van der Waals surface area contributed by atoms with Gasteiger partial charge in [0, 0.05) is 37.1 Å². The topological polar surface area (TPSA) is 55.8 Å². The monoisotopic (exact) mass is 308 g/mol. The number of rotatable bonds is 3. The van der Waals surface area contributed by atoms with E-state index in [9.17, 15) is 0 Å². The van der Waals surface area contributed by atoms with Gasteiger partial charge in [-0.3, -0.25) is 4.40 Å². The number of morpholine rings is 1. The lowest BCUT2D eigenvalue weighted by molar-refractivity contribution is -0.0751. The summed E-state index contributed by atoms with van der Waals surface area (Å²) in [6, 6.07) is 0.120. The molecule has 0 aromatic carbocycles. The molecule has 2 aromatic rings. The number of ether oxygens (including phenoxy) is 1. The van der Waals surface area contributed by atoms with E-state index in [4.69, 9.17) is 15.5 Å². The van der Waals surface area contributed by atoms with Crippen LogP contribution in [0.1, 0.15) is 33.4 Å². The number of aromatic nitrogens is 2. The maximum atomic E-state index is 6.04. The third-order valence-electron chi connectivity index (χ3n) is 3.72. The fraction of sp³-hybridized carbons (Fsp3) is 0.667. The van der Waals surface area contributed by atoms with Gasteiger partial charge in [0.2, 0.25) is 0 Å². The summed E-state index contributed by atoms with van der Waals surface area (Å²) in [5, 5.41) is 2.07. The molecular formula is C15H24N4OS. The molecule has 2 atom stereocenters. The Morgan fingerprint density at radius 1 is 1.57 bits per heavy atom. The van der Waals surface area contributed by atoms with Crippen molar-refractivity contribution < 1.29 is 4.74 Å². The summed E-state index contributed by atoms with van der Waals surface area (Å²) in [5.41, 5.74) is 7.10. The van der Waals surface area contributed by atoms with Gasteiger partial charge in [0.15, 0.2) is 10.8 Å². The van der Waals surface area contributed by atoms with Gasteiger partial charge in [-0.15, -0.1) is 11.3 Å². The van der Waals surface area contributed by atoms with E-state index in [-0.39, 0.29) is 17.7 Å². The van der Waals surface area contributed by atoms with Crippen LogP contribution >= 0.6 is 11.3 Å². The Morgan fingerprint density at radius 2 is 2.33 bits per heavy atom. The van der Waals surface area contributed by atoms with Gasteiger partial charge in [-0.25, -0.2) is 4.98 Å². The summed E-state index contributed by atoms with van der Waals surface area (Å²) in [7, 11) is 0. The highest BCUT2D eigenvalue weighted by Gasteiger charge is 2.34. The van der Waals surface area contributed by atoms with Gasteiger partial charge >= 0.3 is 0 Å². The minimum Gasteiger partial charge on any atom is -0.369 e. The van der Waals surface area contributed by atoms with E-state index in [0.29, 0.717) is 0 Å². The first-order valence-electron chi connectivity index (χ1n) is 7.48. The fourth-order valence-electron chi connectivity index (χ4n) is 3.18. The SMILES string of the molecule is CC(N)Cc1c(N2CC(C)OC(C)(C)C2)nc2sccn12. The Morgan fingerprint density at radius 3 is 3.00 bits per heavy atom. The second-order valence-electron chi connectivity index (χ2n) is 6.69. The van der Waals surface area contributed by atoms with E-state index in [1.54, 1.807) is 11.3 Å². The zero-order chi connectivity index (χ0) is 15.2. The van der Waals surface area contributed by atoms with Crippen molar-refractivity contribution in [2.75, 3.05) is 18.0 Å². The highest BCUT2D eigenvalue weighted by Crippen LogP contribution is 2.30. The number of anilines is 1. The number of imidazole rings is 1. The molecule has 0 radical (unpaired) electrons. The molecule has 5 nitrogen and oxygen atoms in total. The van der Waals surface area contributed by atoms with E-state index in [1.807, 2.05) is 6.92 Å². The van der Waals surface area contributed by atoms with Crippen LogP contribution in [0.25, 0.3) is 4.96 Å². The van der Waals surface area contributed by atoms with Gasteiger partial charge in [0.1, 0.15) is 0 Å². The first kappa shape index (κ1) is 14.8. The second kappa shape index (κ2) is 5.26. The summed E-state index contributed by atoms with van der Waals surface area (Å²) in [5.74, 6) is 1.07. The standard InChI is InChI=1S/C15H24N4OS/c1-10(16)7-12-13(17-14-19(12)5-6-21-14)18-8-11(2)20-15(3,4)9-18/h5-6,10-11H,7-9,16H2,1-4H3. The van der Waals surface area contributed by atoms with Crippen molar-refractivity contribution in [3.63, 3.8) is 0 Å². The smallest absolute Gasteiger partial charge is 0.195 e. The van der Waals surface area contributed by atoms with Crippen LogP contribution in [0, 0.1) is 0 Å². The molecule has 1 aliphatic rings. The number of thiazole rings is 1. The van der Waals surface area contributed by atoms with E-state index < -0.39 is 0 Å². The van der Waals surface area contributed by atoms with Crippen LogP contribution in [0.4, 0.5) is 5.82 Å². The van der Waals surface area contributed by atoms with E-state index >= 15 is 0 Å². The van der Waals surface area contributed by atoms with Gasteiger partial charge < -0.3 is 15.4 Å². The summed E-state index contributed by atoms with van der Waals surface area (Å²) in [6.07, 6.45) is 3.12. The molecular weight excluding hydrogens is 284 g/mol. The predicted molar refractivity (Wildman–Crippen MR) is 87.3 cm³/mol. The molecule has 3 heterocycles. The largest absolute Gasteiger partial charge is 0.369 e. The van der Waals surface area contributed by atoms with Gasteiger partial charge in [0.25, 0.3) is 0 Å². The average Bonchev–Trinajstić information content (AvgIpc) is 2.88. The predicted octanol–water partition coefficient (Wildman–Crippen LogP) is 2.29. The molecule has 2 N–H and O–H groups in total. The van der Waals surface area contributed by atoms with Crippen LogP contribution in [0.15, 0.2) is 11.6 Å². The third kappa shape index (κ3) is 2.93. The lowest BCUT2D eigenvalue weighted by Gasteiger charge is -2.42. The zero-order valence-corrected chi connectivity index (χ0v) is 14.0. The number of nitrogens with zero attached hydrogens (tertiary/aromatic N) is 3. The maximum absolute atomic E-state index is 6.04. The highest BCUT2D eigenvalue weighted by molar-refractivity contribution is 7.15. The Bertz CT molecular complexity index is 631. The maximum Gasteiger partial charge on any atom is 0.195 e. The Labute approximate surface area is 129 Å². The molecule has 1 fully saturated rings. The minimum atomic E-state index is -0.152. The van der Waals surface area contributed by atoms with Crippen LogP contribution in [0.3, 0.4) is 0 Å². The van der Waals surface area contributed by atoms with Crippen LogP contribution < -0.4 is 10.6 Å². The molecule has 21 heavy (non-hydrogen) atoms. The first-order chi connectivity index (χ1) is 9.85. The summed E-state index contributed by atoms with van der Waals surface area (Å²) >= 11 is 1.67. The molecule has 0 spiro atoms. The van der Waals surface area contributed by atoms with Crippen LogP contribution in [0.5, 0.6) is 0 Å². The molecule has 0 bridgehead atoms. The number of hydrogen-bond acceptors (Lipinski definition) is 5. The van der Waals surface area contributed by atoms with Crippen molar-refractivity contribution >= 4 is 22.1 Å². The van der Waals surface area contributed by atoms with E-state index in [0.717, 1.165) is 30.3 Å². The Balaban J connectivity index is 2.00. The quantitative estimate of drug-likeness (QED) is 0.945. The molecule has 2 unspecified atom stereocenters. The van der Waals surface area contributed by atoms with Crippen LogP contribution in [-0.4, -0.2) is 40.2 Å². The lowest BCUT2D eigenvalue weighted by atomic mass is 10.0. The zero-order valence-electron chi connectivity index (χ0n) is 13.2. The molecule has 0 saturated carbocycles. The van der Waals surface area contributed by atoms with Gasteiger partial charge in [0.05, 0.1) is 17.4 Å². The fourth-order valence-corrected chi connectivity index (χ4v) is 3.91. The van der Waals surface area contributed by atoms with Crippen molar-refractivity contribution in [3.05, 3.63) is 17.3 Å². The number of fused-ring (bicyclic) bond motifs is 1. The summed E-state index contributed by atoms with van der Waals surface area (Å²) in [4.78, 5) is 8.24. The number of nitrogens with two attached hydrogens (primary N) is 1. The normalized spacial score (nSPS) is 23.7. The lowest BCUT2D eigenvalue weighted by Crippen LogP contribution is -2.52. The molecule has 1 aliphatic heterocycles. The van der Waals surface area contributed by atoms with E-state index in [1.165, 1.54) is 5.69 Å². The molecule has 1 saturated heterocycles. The van der Waals surface area contributed by atoms with Crippen molar-refractivity contribution in [1.82, 2.24) is 9.38 Å². The van der Waals surface area contributed by atoms with Gasteiger partial charge in [-0.1, -0.05) is 0 Å². The summed E-state index contributed by atoms with van der Waals surface area (Å²) in [6.45, 7) is 10.2. The molecule has 116 valence electrons. The molecule has 0 amide bonds. The summed E-state index contributed by atoms with van der Waals surface area (Å²) < 4.78 is 8.18. The molecule has 0 aliphatic carbocycles.